The van der Waals surface area contributed by atoms with Crippen molar-refractivity contribution in [1.29, 1.82) is 0 Å². The molecule has 0 aliphatic rings. The third-order valence-electron chi connectivity index (χ3n) is 3.25. The van der Waals surface area contributed by atoms with Gasteiger partial charge in [0.05, 0.1) is 6.54 Å². The normalized spacial score (nSPS) is 10.6. The fraction of sp³-hybridized carbons (Fsp3) is 0.294. The van der Waals surface area contributed by atoms with Gasteiger partial charge in [0, 0.05) is 23.0 Å². The molecule has 2 aromatic rings. The van der Waals surface area contributed by atoms with E-state index in [1.807, 2.05) is 47.7 Å². The Morgan fingerprint density at radius 3 is 2.79 bits per heavy atom. The summed E-state index contributed by atoms with van der Waals surface area (Å²) < 4.78 is 0. The number of urea groups is 1. The molecule has 0 saturated carbocycles. The number of likely N-dealkylation sites (N-methyl/N-ethyl adjacent to an activating group) is 1. The molecule has 0 spiro atoms. The summed E-state index contributed by atoms with van der Waals surface area (Å²) in [6, 6.07) is 11.0. The molecule has 3 amide bonds. The first-order chi connectivity index (χ1) is 11.5. The third kappa shape index (κ3) is 6.70. The van der Waals surface area contributed by atoms with E-state index in [4.69, 9.17) is 11.6 Å². The Hall–Kier alpha value is -1.89. The first-order valence-electron chi connectivity index (χ1n) is 7.56. The molecule has 0 bridgehead atoms. The topological polar surface area (TPSA) is 61.4 Å². The highest BCUT2D eigenvalue weighted by molar-refractivity contribution is 7.09. The highest BCUT2D eigenvalue weighted by atomic mass is 35.5. The van der Waals surface area contributed by atoms with Crippen LogP contribution in [0.5, 0.6) is 0 Å². The lowest BCUT2D eigenvalue weighted by atomic mass is 10.2. The predicted octanol–water partition coefficient (Wildman–Crippen LogP) is 2.90. The first-order valence-corrected chi connectivity index (χ1v) is 8.82. The van der Waals surface area contributed by atoms with Crippen LogP contribution in [0.2, 0.25) is 5.02 Å². The van der Waals surface area contributed by atoms with Gasteiger partial charge < -0.3 is 5.32 Å². The molecule has 0 unspecified atom stereocenters. The average Bonchev–Trinajstić information content (AvgIpc) is 3.00. The Bertz CT molecular complexity index is 676. The molecule has 7 heteroatoms. The summed E-state index contributed by atoms with van der Waals surface area (Å²) in [5.41, 5.74) is 1.01. The zero-order valence-electron chi connectivity index (χ0n) is 13.4. The zero-order valence-corrected chi connectivity index (χ0v) is 15.0. The van der Waals surface area contributed by atoms with Crippen molar-refractivity contribution >= 4 is 34.9 Å². The molecule has 1 aromatic heterocycles. The van der Waals surface area contributed by atoms with Gasteiger partial charge in [0.25, 0.3) is 0 Å². The number of rotatable bonds is 7. The number of benzene rings is 1. The van der Waals surface area contributed by atoms with E-state index in [1.54, 1.807) is 17.4 Å². The molecular weight excluding hydrogens is 346 g/mol. The molecule has 2 rings (SSSR count). The van der Waals surface area contributed by atoms with Crippen molar-refractivity contribution in [1.82, 2.24) is 15.5 Å². The van der Waals surface area contributed by atoms with Gasteiger partial charge in [-0.05, 0) is 42.6 Å². The summed E-state index contributed by atoms with van der Waals surface area (Å²) in [7, 11) is 1.81. The van der Waals surface area contributed by atoms with Gasteiger partial charge in [-0.3, -0.25) is 15.0 Å². The number of carbonyl (C=O) groups is 2. The van der Waals surface area contributed by atoms with Crippen LogP contribution in [0.4, 0.5) is 4.79 Å². The van der Waals surface area contributed by atoms with Gasteiger partial charge in [-0.1, -0.05) is 29.8 Å². The lowest BCUT2D eigenvalue weighted by molar-refractivity contribution is -0.120. The van der Waals surface area contributed by atoms with E-state index in [-0.39, 0.29) is 12.5 Å². The quantitative estimate of drug-likeness (QED) is 0.793. The van der Waals surface area contributed by atoms with Crippen LogP contribution in [0.1, 0.15) is 10.4 Å². The van der Waals surface area contributed by atoms with Crippen molar-refractivity contribution in [3.05, 3.63) is 57.2 Å². The third-order valence-corrected chi connectivity index (χ3v) is 4.42. The van der Waals surface area contributed by atoms with Gasteiger partial charge in [-0.25, -0.2) is 4.79 Å². The number of amides is 3. The zero-order chi connectivity index (χ0) is 17.4. The standard InChI is InChI=1S/C17H20ClN3O2S/c1-21(11-13-4-2-5-14(18)10-13)12-16(22)20-17(23)19-8-7-15-6-3-9-24-15/h2-6,9-10H,7-8,11-12H2,1H3,(H2,19,20,22,23). The van der Waals surface area contributed by atoms with Crippen molar-refractivity contribution in [2.24, 2.45) is 0 Å². The van der Waals surface area contributed by atoms with Crippen molar-refractivity contribution in [2.45, 2.75) is 13.0 Å². The maximum Gasteiger partial charge on any atom is 0.321 e. The summed E-state index contributed by atoms with van der Waals surface area (Å²) >= 11 is 7.58. The molecule has 0 atom stereocenters. The van der Waals surface area contributed by atoms with Gasteiger partial charge in [0.2, 0.25) is 5.91 Å². The second-order valence-electron chi connectivity index (χ2n) is 5.44. The molecule has 24 heavy (non-hydrogen) atoms. The van der Waals surface area contributed by atoms with Crippen LogP contribution in [-0.4, -0.2) is 37.0 Å². The molecule has 5 nitrogen and oxygen atoms in total. The summed E-state index contributed by atoms with van der Waals surface area (Å²) in [5, 5.41) is 7.67. The van der Waals surface area contributed by atoms with Crippen LogP contribution in [-0.2, 0) is 17.8 Å². The van der Waals surface area contributed by atoms with E-state index >= 15 is 0 Å². The first kappa shape index (κ1) is 18.4. The molecule has 0 aliphatic heterocycles. The number of carbonyl (C=O) groups excluding carboxylic acids is 2. The maximum absolute atomic E-state index is 11.9. The Kier molecular flexibility index (Phi) is 7.24. The number of imide groups is 1. The van der Waals surface area contributed by atoms with Crippen LogP contribution >= 0.6 is 22.9 Å². The van der Waals surface area contributed by atoms with Crippen LogP contribution in [0.15, 0.2) is 41.8 Å². The Balaban J connectivity index is 1.66. The van der Waals surface area contributed by atoms with Gasteiger partial charge >= 0.3 is 6.03 Å². The highest BCUT2D eigenvalue weighted by Crippen LogP contribution is 2.12. The molecule has 2 N–H and O–H groups in total. The molecule has 1 heterocycles. The minimum absolute atomic E-state index is 0.130. The molecule has 0 radical (unpaired) electrons. The van der Waals surface area contributed by atoms with E-state index in [0.29, 0.717) is 18.1 Å². The molecule has 1 aromatic carbocycles. The largest absolute Gasteiger partial charge is 0.337 e. The van der Waals surface area contributed by atoms with E-state index in [2.05, 4.69) is 10.6 Å². The maximum atomic E-state index is 11.9. The van der Waals surface area contributed by atoms with E-state index in [0.717, 1.165) is 12.0 Å². The lowest BCUT2D eigenvalue weighted by Crippen LogP contribution is -2.44. The highest BCUT2D eigenvalue weighted by Gasteiger charge is 2.10. The number of nitrogens with zero attached hydrogens (tertiary/aromatic N) is 1. The number of hydrogen-bond acceptors (Lipinski definition) is 4. The second-order valence-corrected chi connectivity index (χ2v) is 6.90. The fourth-order valence-corrected chi connectivity index (χ4v) is 3.13. The molecule has 0 fully saturated rings. The molecule has 128 valence electrons. The molecule has 0 saturated heterocycles. The SMILES string of the molecule is CN(CC(=O)NC(=O)NCCc1cccs1)Cc1cccc(Cl)c1. The van der Waals surface area contributed by atoms with Crippen LogP contribution < -0.4 is 10.6 Å². The summed E-state index contributed by atoms with van der Waals surface area (Å²) in [6.07, 6.45) is 0.758. The average molecular weight is 366 g/mol. The monoisotopic (exact) mass is 365 g/mol. The Labute approximate surface area is 150 Å². The van der Waals surface area contributed by atoms with E-state index in [9.17, 15) is 9.59 Å². The summed E-state index contributed by atoms with van der Waals surface area (Å²) in [5.74, 6) is -0.340. The summed E-state index contributed by atoms with van der Waals surface area (Å²) in [4.78, 5) is 26.6. The minimum Gasteiger partial charge on any atom is -0.337 e. The van der Waals surface area contributed by atoms with Gasteiger partial charge in [0.15, 0.2) is 0 Å². The number of nitrogens with one attached hydrogen (secondary N) is 2. The van der Waals surface area contributed by atoms with E-state index < -0.39 is 6.03 Å². The van der Waals surface area contributed by atoms with Crippen LogP contribution in [0.25, 0.3) is 0 Å². The van der Waals surface area contributed by atoms with Gasteiger partial charge in [-0.15, -0.1) is 11.3 Å². The number of thiophene rings is 1. The fourth-order valence-electron chi connectivity index (χ4n) is 2.21. The van der Waals surface area contributed by atoms with Crippen molar-refractivity contribution < 1.29 is 9.59 Å². The summed E-state index contributed by atoms with van der Waals surface area (Å²) in [6.45, 7) is 1.21. The van der Waals surface area contributed by atoms with E-state index in [1.165, 1.54) is 4.88 Å². The smallest absolute Gasteiger partial charge is 0.321 e. The number of halogens is 1. The predicted molar refractivity (Wildman–Crippen MR) is 97.4 cm³/mol. The molecular formula is C17H20ClN3O2S. The van der Waals surface area contributed by atoms with Crippen molar-refractivity contribution in [3.8, 4) is 0 Å². The Morgan fingerprint density at radius 2 is 2.08 bits per heavy atom. The van der Waals surface area contributed by atoms with Crippen LogP contribution in [0, 0.1) is 0 Å². The Morgan fingerprint density at radius 1 is 1.25 bits per heavy atom. The van der Waals surface area contributed by atoms with Gasteiger partial charge in [0.1, 0.15) is 0 Å². The second kappa shape index (κ2) is 9.42. The van der Waals surface area contributed by atoms with Crippen molar-refractivity contribution in [3.63, 3.8) is 0 Å². The lowest BCUT2D eigenvalue weighted by Gasteiger charge is -2.16. The molecule has 0 aliphatic carbocycles. The number of hydrogen-bond donors (Lipinski definition) is 2. The minimum atomic E-state index is -0.465. The van der Waals surface area contributed by atoms with Gasteiger partial charge in [-0.2, -0.15) is 0 Å². The van der Waals surface area contributed by atoms with Crippen LogP contribution in [0.3, 0.4) is 0 Å². The van der Waals surface area contributed by atoms with Crippen molar-refractivity contribution in [2.75, 3.05) is 20.1 Å².